The predicted octanol–water partition coefficient (Wildman–Crippen LogP) is 1.22. The van der Waals surface area contributed by atoms with Crippen LogP contribution in [0.1, 0.15) is 15.9 Å². The summed E-state index contributed by atoms with van der Waals surface area (Å²) >= 11 is 5.84. The molecule has 1 N–H and O–H groups in total. The third-order valence-corrected chi connectivity index (χ3v) is 6.85. The van der Waals surface area contributed by atoms with Crippen molar-refractivity contribution >= 4 is 27.6 Å². The molecule has 0 bridgehead atoms. The number of quaternary nitrogens is 1. The largest absolute Gasteiger partial charge is 0.465 e. The number of methoxy groups -OCH3 is 1. The SMILES string of the molecule is COC(=O)c1cccc(C[NH+]2CCN(S(=O)(=O)c3ccc(Cl)cc3)CC2)c1. The van der Waals surface area contributed by atoms with Crippen LogP contribution in [0, 0.1) is 0 Å². The van der Waals surface area contributed by atoms with Crippen LogP contribution in [0.25, 0.3) is 0 Å². The molecular weight excluding hydrogens is 388 g/mol. The highest BCUT2D eigenvalue weighted by atomic mass is 35.5. The molecule has 0 spiro atoms. The second-order valence-electron chi connectivity index (χ2n) is 6.48. The number of piperazine rings is 1. The van der Waals surface area contributed by atoms with E-state index in [0.29, 0.717) is 36.8 Å². The van der Waals surface area contributed by atoms with Gasteiger partial charge >= 0.3 is 5.97 Å². The quantitative estimate of drug-likeness (QED) is 0.754. The number of benzene rings is 2. The Labute approximate surface area is 164 Å². The van der Waals surface area contributed by atoms with Crippen molar-refractivity contribution in [1.82, 2.24) is 4.31 Å². The highest BCUT2D eigenvalue weighted by molar-refractivity contribution is 7.89. The van der Waals surface area contributed by atoms with Crippen LogP contribution in [-0.4, -0.2) is 52.0 Å². The van der Waals surface area contributed by atoms with Gasteiger partial charge in [-0.3, -0.25) is 0 Å². The van der Waals surface area contributed by atoms with Crippen LogP contribution in [0.3, 0.4) is 0 Å². The number of sulfonamides is 1. The van der Waals surface area contributed by atoms with Crippen LogP contribution >= 0.6 is 11.6 Å². The minimum absolute atomic E-state index is 0.265. The highest BCUT2D eigenvalue weighted by Gasteiger charge is 2.30. The van der Waals surface area contributed by atoms with E-state index in [1.807, 2.05) is 18.2 Å². The number of carbonyl (C=O) groups excluding carboxylic acids is 1. The van der Waals surface area contributed by atoms with E-state index in [4.69, 9.17) is 16.3 Å². The van der Waals surface area contributed by atoms with Crippen molar-refractivity contribution in [2.75, 3.05) is 33.3 Å². The second-order valence-corrected chi connectivity index (χ2v) is 8.85. The highest BCUT2D eigenvalue weighted by Crippen LogP contribution is 2.18. The normalized spacial score (nSPS) is 16.2. The molecule has 1 aliphatic rings. The maximum absolute atomic E-state index is 12.7. The number of rotatable bonds is 5. The molecule has 1 saturated heterocycles. The Morgan fingerprint density at radius 2 is 1.81 bits per heavy atom. The number of carbonyl (C=O) groups is 1. The van der Waals surface area contributed by atoms with Crippen LogP contribution in [-0.2, 0) is 21.3 Å². The molecule has 3 rings (SSSR count). The molecule has 0 amide bonds. The molecule has 0 atom stereocenters. The van der Waals surface area contributed by atoms with E-state index in [-0.39, 0.29) is 10.9 Å². The molecular formula is C19H22ClN2O4S+. The molecule has 1 aliphatic heterocycles. The van der Waals surface area contributed by atoms with Gasteiger partial charge in [-0.05, 0) is 36.4 Å². The predicted molar refractivity (Wildman–Crippen MR) is 102 cm³/mol. The topological polar surface area (TPSA) is 68.1 Å². The summed E-state index contributed by atoms with van der Waals surface area (Å²) in [5.41, 5.74) is 1.56. The molecule has 0 aromatic heterocycles. The van der Waals surface area contributed by atoms with Crippen molar-refractivity contribution in [3.8, 4) is 0 Å². The van der Waals surface area contributed by atoms with E-state index < -0.39 is 10.0 Å². The number of hydrogen-bond acceptors (Lipinski definition) is 4. The average Bonchev–Trinajstić information content (AvgIpc) is 2.68. The Kier molecular flexibility index (Phi) is 6.16. The smallest absolute Gasteiger partial charge is 0.337 e. The van der Waals surface area contributed by atoms with Crippen molar-refractivity contribution in [2.45, 2.75) is 11.4 Å². The van der Waals surface area contributed by atoms with Gasteiger partial charge in [0.15, 0.2) is 0 Å². The van der Waals surface area contributed by atoms with Gasteiger partial charge in [0.2, 0.25) is 10.0 Å². The van der Waals surface area contributed by atoms with Crippen molar-refractivity contribution < 1.29 is 22.8 Å². The molecule has 2 aromatic rings. The molecule has 0 unspecified atom stereocenters. The van der Waals surface area contributed by atoms with Gasteiger partial charge in [-0.25, -0.2) is 13.2 Å². The molecule has 6 nitrogen and oxygen atoms in total. The zero-order valence-corrected chi connectivity index (χ0v) is 16.6. The van der Waals surface area contributed by atoms with Gasteiger partial charge in [-0.15, -0.1) is 0 Å². The van der Waals surface area contributed by atoms with Gasteiger partial charge in [-0.1, -0.05) is 23.7 Å². The third kappa shape index (κ3) is 4.68. The van der Waals surface area contributed by atoms with Crippen molar-refractivity contribution in [1.29, 1.82) is 0 Å². The molecule has 0 radical (unpaired) electrons. The summed E-state index contributed by atoms with van der Waals surface area (Å²) in [4.78, 5) is 13.2. The van der Waals surface area contributed by atoms with Crippen LogP contribution in [0.2, 0.25) is 5.02 Å². The standard InChI is InChI=1S/C19H21ClN2O4S/c1-26-19(23)16-4-2-3-15(13-16)14-21-9-11-22(12-10-21)27(24,25)18-7-5-17(20)6-8-18/h2-8,13H,9-12,14H2,1H3/p+1. The van der Waals surface area contributed by atoms with Gasteiger partial charge < -0.3 is 9.64 Å². The third-order valence-electron chi connectivity index (χ3n) is 4.68. The summed E-state index contributed by atoms with van der Waals surface area (Å²) in [6.45, 7) is 3.05. The Morgan fingerprint density at radius 1 is 1.15 bits per heavy atom. The Morgan fingerprint density at radius 3 is 2.44 bits per heavy atom. The lowest BCUT2D eigenvalue weighted by Gasteiger charge is -2.31. The Balaban J connectivity index is 1.62. The second kappa shape index (κ2) is 8.39. The Bertz CT molecular complexity index is 908. The number of esters is 1. The first-order valence-corrected chi connectivity index (χ1v) is 10.5. The summed E-state index contributed by atoms with van der Waals surface area (Å²) < 4.78 is 31.8. The van der Waals surface area contributed by atoms with Gasteiger partial charge in [0, 0.05) is 10.6 Å². The first-order valence-electron chi connectivity index (χ1n) is 8.66. The number of hydrogen-bond donors (Lipinski definition) is 1. The monoisotopic (exact) mass is 409 g/mol. The number of nitrogens with one attached hydrogen (secondary N) is 1. The molecule has 2 aromatic carbocycles. The lowest BCUT2D eigenvalue weighted by atomic mass is 10.1. The van der Waals surface area contributed by atoms with Gasteiger partial charge in [0.25, 0.3) is 0 Å². The summed E-state index contributed by atoms with van der Waals surface area (Å²) in [7, 11) is -2.13. The van der Waals surface area contributed by atoms with E-state index >= 15 is 0 Å². The minimum Gasteiger partial charge on any atom is -0.465 e. The van der Waals surface area contributed by atoms with Gasteiger partial charge in [0.05, 0.1) is 43.7 Å². The number of halogens is 1. The molecule has 8 heteroatoms. The van der Waals surface area contributed by atoms with Crippen LogP contribution in [0.15, 0.2) is 53.4 Å². The van der Waals surface area contributed by atoms with E-state index in [0.717, 1.165) is 12.1 Å². The van der Waals surface area contributed by atoms with Crippen molar-refractivity contribution in [3.63, 3.8) is 0 Å². The molecule has 27 heavy (non-hydrogen) atoms. The average molecular weight is 410 g/mol. The number of ether oxygens (including phenoxy) is 1. The first kappa shape index (κ1) is 19.8. The fraction of sp³-hybridized carbons (Fsp3) is 0.316. The Hall–Kier alpha value is -1.93. The van der Waals surface area contributed by atoms with Crippen LogP contribution in [0.4, 0.5) is 0 Å². The summed E-state index contributed by atoms with van der Waals surface area (Å²) in [6, 6.07) is 13.6. The van der Waals surface area contributed by atoms with E-state index in [1.165, 1.54) is 28.4 Å². The van der Waals surface area contributed by atoms with Crippen molar-refractivity contribution in [2.24, 2.45) is 0 Å². The molecule has 0 aliphatic carbocycles. The minimum atomic E-state index is -3.50. The fourth-order valence-corrected chi connectivity index (χ4v) is 4.76. The lowest BCUT2D eigenvalue weighted by molar-refractivity contribution is -0.917. The zero-order chi connectivity index (χ0) is 19.4. The summed E-state index contributed by atoms with van der Waals surface area (Å²) in [6.07, 6.45) is 0. The molecule has 1 fully saturated rings. The van der Waals surface area contributed by atoms with E-state index in [1.54, 1.807) is 18.2 Å². The van der Waals surface area contributed by atoms with Crippen LogP contribution < -0.4 is 4.90 Å². The molecule has 0 saturated carbocycles. The van der Waals surface area contributed by atoms with Gasteiger partial charge in [-0.2, -0.15) is 4.31 Å². The number of nitrogens with zero attached hydrogens (tertiary/aromatic N) is 1. The fourth-order valence-electron chi connectivity index (χ4n) is 3.19. The first-order chi connectivity index (χ1) is 12.9. The summed E-state index contributed by atoms with van der Waals surface area (Å²) in [5.74, 6) is -0.356. The molecule has 1 heterocycles. The van der Waals surface area contributed by atoms with Crippen molar-refractivity contribution in [3.05, 3.63) is 64.7 Å². The lowest BCUT2D eigenvalue weighted by Crippen LogP contribution is -3.13. The van der Waals surface area contributed by atoms with E-state index in [2.05, 4.69) is 0 Å². The molecule has 144 valence electrons. The maximum Gasteiger partial charge on any atom is 0.337 e. The maximum atomic E-state index is 12.7. The van der Waals surface area contributed by atoms with E-state index in [9.17, 15) is 13.2 Å². The van der Waals surface area contributed by atoms with Gasteiger partial charge in [0.1, 0.15) is 6.54 Å². The van der Waals surface area contributed by atoms with Crippen LogP contribution in [0.5, 0.6) is 0 Å². The summed E-state index contributed by atoms with van der Waals surface area (Å²) in [5, 5.41) is 0.511. The zero-order valence-electron chi connectivity index (χ0n) is 15.0.